The van der Waals surface area contributed by atoms with Gasteiger partial charge in [-0.3, -0.25) is 9.52 Å². The first-order valence-corrected chi connectivity index (χ1v) is 11.6. The molecule has 7 nitrogen and oxygen atoms in total. The maximum atomic E-state index is 12.7. The van der Waals surface area contributed by atoms with E-state index < -0.39 is 10.0 Å². The van der Waals surface area contributed by atoms with Crippen molar-refractivity contribution in [2.45, 2.75) is 45.8 Å². The quantitative estimate of drug-likeness (QED) is 0.497. The van der Waals surface area contributed by atoms with E-state index in [2.05, 4.69) is 4.72 Å². The second-order valence-electron chi connectivity index (χ2n) is 7.71. The summed E-state index contributed by atoms with van der Waals surface area (Å²) in [6.07, 6.45) is 0.202. The highest BCUT2D eigenvalue weighted by molar-refractivity contribution is 7.92. The zero-order valence-corrected chi connectivity index (χ0v) is 19.6. The van der Waals surface area contributed by atoms with E-state index in [0.29, 0.717) is 17.2 Å². The fourth-order valence-corrected chi connectivity index (χ4v) is 4.20. The largest absolute Gasteiger partial charge is 0.487 e. The van der Waals surface area contributed by atoms with Crippen LogP contribution < -0.4 is 9.46 Å². The standard InChI is InChI=1S/C24H27NO6S/c1-15-11-21(25-32(27,28)24-9-6-18(4)31-24)22(12-16(15)2)30-14-20-8-7-19(10-17(20)3)13-23(26)29-5/h6-12,25H,13-14H2,1-5H3. The molecule has 1 N–H and O–H groups in total. The lowest BCUT2D eigenvalue weighted by Crippen LogP contribution is -2.14. The number of benzene rings is 2. The van der Waals surface area contributed by atoms with Gasteiger partial charge in [0.2, 0.25) is 5.09 Å². The minimum absolute atomic E-state index is 0.156. The average molecular weight is 458 g/mol. The molecule has 0 aliphatic carbocycles. The third-order valence-electron chi connectivity index (χ3n) is 5.19. The first kappa shape index (κ1) is 23.4. The van der Waals surface area contributed by atoms with Crippen LogP contribution in [0, 0.1) is 27.7 Å². The van der Waals surface area contributed by atoms with Crippen molar-refractivity contribution < 1.29 is 27.1 Å². The molecule has 3 rings (SSSR count). The summed E-state index contributed by atoms with van der Waals surface area (Å²) in [6.45, 7) is 7.69. The number of aryl methyl sites for hydroxylation is 4. The molecule has 0 unspecified atom stereocenters. The number of furan rings is 1. The Bertz CT molecular complexity index is 1240. The van der Waals surface area contributed by atoms with Crippen LogP contribution in [0.5, 0.6) is 5.75 Å². The highest BCUT2D eigenvalue weighted by Crippen LogP contribution is 2.31. The van der Waals surface area contributed by atoms with Crippen LogP contribution >= 0.6 is 0 Å². The number of anilines is 1. The van der Waals surface area contributed by atoms with Crippen LogP contribution in [-0.2, 0) is 32.6 Å². The summed E-state index contributed by atoms with van der Waals surface area (Å²) >= 11 is 0. The Labute approximate surface area is 188 Å². The van der Waals surface area contributed by atoms with Gasteiger partial charge in [-0.15, -0.1) is 0 Å². The first-order valence-electron chi connectivity index (χ1n) is 10.1. The Morgan fingerprint density at radius 2 is 1.69 bits per heavy atom. The molecule has 0 radical (unpaired) electrons. The monoisotopic (exact) mass is 457 g/mol. The van der Waals surface area contributed by atoms with Crippen LogP contribution in [-0.4, -0.2) is 21.5 Å². The molecule has 0 saturated heterocycles. The Kier molecular flexibility index (Phi) is 6.93. The van der Waals surface area contributed by atoms with Gasteiger partial charge in [-0.05, 0) is 79.8 Å². The molecular formula is C24H27NO6S. The summed E-state index contributed by atoms with van der Waals surface area (Å²) in [5.41, 5.74) is 4.97. The van der Waals surface area contributed by atoms with E-state index in [1.165, 1.54) is 13.2 Å². The van der Waals surface area contributed by atoms with Crippen LogP contribution in [0.4, 0.5) is 5.69 Å². The smallest absolute Gasteiger partial charge is 0.309 e. The van der Waals surface area contributed by atoms with Gasteiger partial charge in [0.05, 0.1) is 19.2 Å². The Hall–Kier alpha value is -3.26. The van der Waals surface area contributed by atoms with E-state index in [0.717, 1.165) is 27.8 Å². The third kappa shape index (κ3) is 5.50. The molecule has 2 aromatic carbocycles. The summed E-state index contributed by atoms with van der Waals surface area (Å²) in [5, 5.41) is -0.156. The summed E-state index contributed by atoms with van der Waals surface area (Å²) in [4.78, 5) is 11.5. The predicted octanol–water partition coefficient (Wildman–Crippen LogP) is 4.61. The zero-order valence-electron chi connectivity index (χ0n) is 18.8. The molecule has 0 fully saturated rings. The molecule has 1 heterocycles. The van der Waals surface area contributed by atoms with Gasteiger partial charge in [-0.1, -0.05) is 18.2 Å². The normalized spacial score (nSPS) is 11.3. The van der Waals surface area contributed by atoms with Crippen molar-refractivity contribution in [2.24, 2.45) is 0 Å². The van der Waals surface area contributed by atoms with Gasteiger partial charge in [0.15, 0.2) is 0 Å². The third-order valence-corrected chi connectivity index (χ3v) is 6.42. The maximum absolute atomic E-state index is 12.7. The molecule has 32 heavy (non-hydrogen) atoms. The van der Waals surface area contributed by atoms with Gasteiger partial charge in [-0.2, -0.15) is 8.42 Å². The van der Waals surface area contributed by atoms with Crippen LogP contribution in [0.15, 0.2) is 52.0 Å². The van der Waals surface area contributed by atoms with Gasteiger partial charge in [-0.25, -0.2) is 0 Å². The van der Waals surface area contributed by atoms with Crippen molar-refractivity contribution in [3.8, 4) is 5.75 Å². The number of methoxy groups -OCH3 is 1. The molecule has 0 saturated carbocycles. The molecule has 170 valence electrons. The highest BCUT2D eigenvalue weighted by Gasteiger charge is 2.21. The fraction of sp³-hybridized carbons (Fsp3) is 0.292. The van der Waals surface area contributed by atoms with E-state index in [4.69, 9.17) is 13.9 Å². The number of nitrogens with one attached hydrogen (secondary N) is 1. The van der Waals surface area contributed by atoms with E-state index in [1.807, 2.05) is 45.0 Å². The number of esters is 1. The van der Waals surface area contributed by atoms with Gasteiger partial charge in [0.1, 0.15) is 18.1 Å². The topological polar surface area (TPSA) is 94.8 Å². The molecule has 0 spiro atoms. The average Bonchev–Trinajstić information content (AvgIpc) is 3.17. The lowest BCUT2D eigenvalue weighted by Gasteiger charge is -2.16. The van der Waals surface area contributed by atoms with Crippen molar-refractivity contribution in [3.05, 3.63) is 76.0 Å². The molecule has 1 aromatic heterocycles. The van der Waals surface area contributed by atoms with E-state index in [-0.39, 0.29) is 24.1 Å². The summed E-state index contributed by atoms with van der Waals surface area (Å²) in [6, 6.07) is 12.2. The fourth-order valence-electron chi connectivity index (χ4n) is 3.16. The highest BCUT2D eigenvalue weighted by atomic mass is 32.2. The summed E-state index contributed by atoms with van der Waals surface area (Å²) < 4.78 is 44.1. The molecule has 0 atom stereocenters. The van der Waals surface area contributed by atoms with Crippen LogP contribution in [0.2, 0.25) is 0 Å². The number of hydrogen-bond donors (Lipinski definition) is 1. The summed E-state index contributed by atoms with van der Waals surface area (Å²) in [7, 11) is -2.53. The maximum Gasteiger partial charge on any atom is 0.309 e. The lowest BCUT2D eigenvalue weighted by molar-refractivity contribution is -0.139. The van der Waals surface area contributed by atoms with Gasteiger partial charge >= 0.3 is 5.97 Å². The number of hydrogen-bond acceptors (Lipinski definition) is 6. The molecule has 0 amide bonds. The van der Waals surface area contributed by atoms with Crippen LogP contribution in [0.1, 0.15) is 33.6 Å². The zero-order chi connectivity index (χ0) is 23.5. The molecule has 3 aromatic rings. The minimum atomic E-state index is -3.90. The van der Waals surface area contributed by atoms with Gasteiger partial charge < -0.3 is 13.9 Å². The molecule has 0 aliphatic heterocycles. The SMILES string of the molecule is COC(=O)Cc1ccc(COc2cc(C)c(C)cc2NS(=O)(=O)c2ccc(C)o2)c(C)c1. The predicted molar refractivity (Wildman–Crippen MR) is 121 cm³/mol. The van der Waals surface area contributed by atoms with Crippen molar-refractivity contribution in [1.82, 2.24) is 0 Å². The number of rotatable bonds is 8. The summed E-state index contributed by atoms with van der Waals surface area (Å²) in [5.74, 6) is 0.623. The first-order chi connectivity index (χ1) is 15.1. The van der Waals surface area contributed by atoms with E-state index in [9.17, 15) is 13.2 Å². The lowest BCUT2D eigenvalue weighted by atomic mass is 10.0. The molecular weight excluding hydrogens is 430 g/mol. The molecule has 0 bridgehead atoms. The Balaban J connectivity index is 1.82. The van der Waals surface area contributed by atoms with Crippen LogP contribution in [0.25, 0.3) is 0 Å². The van der Waals surface area contributed by atoms with Crippen molar-refractivity contribution in [1.29, 1.82) is 0 Å². The van der Waals surface area contributed by atoms with E-state index >= 15 is 0 Å². The Morgan fingerprint density at radius 1 is 0.969 bits per heavy atom. The van der Waals surface area contributed by atoms with Crippen molar-refractivity contribution in [3.63, 3.8) is 0 Å². The van der Waals surface area contributed by atoms with Gasteiger partial charge in [0.25, 0.3) is 10.0 Å². The number of sulfonamides is 1. The number of carbonyl (C=O) groups excluding carboxylic acids is 1. The minimum Gasteiger partial charge on any atom is -0.487 e. The second-order valence-corrected chi connectivity index (χ2v) is 9.32. The van der Waals surface area contributed by atoms with Crippen molar-refractivity contribution >= 4 is 21.7 Å². The van der Waals surface area contributed by atoms with Crippen molar-refractivity contribution in [2.75, 3.05) is 11.8 Å². The molecule has 8 heteroatoms. The Morgan fingerprint density at radius 3 is 2.31 bits per heavy atom. The molecule has 0 aliphatic rings. The van der Waals surface area contributed by atoms with Crippen LogP contribution in [0.3, 0.4) is 0 Å². The second kappa shape index (κ2) is 9.48. The van der Waals surface area contributed by atoms with E-state index in [1.54, 1.807) is 19.1 Å². The number of carbonyl (C=O) groups is 1. The van der Waals surface area contributed by atoms with Gasteiger partial charge in [0, 0.05) is 0 Å². The number of ether oxygens (including phenoxy) is 2.